The number of ether oxygens (including phenoxy) is 4. The van der Waals surface area contributed by atoms with E-state index in [1.807, 2.05) is 0 Å². The summed E-state index contributed by atoms with van der Waals surface area (Å²) in [6, 6.07) is 9.33. The molecule has 0 unspecified atom stereocenters. The Morgan fingerprint density at radius 2 is 1.56 bits per heavy atom. The highest BCUT2D eigenvalue weighted by atomic mass is 16.7. The fourth-order valence-electron chi connectivity index (χ4n) is 2.89. The molecule has 0 saturated heterocycles. The second kappa shape index (κ2) is 15.8. The Morgan fingerprint density at radius 3 is 2.18 bits per heavy atom. The first-order chi connectivity index (χ1) is 18.7. The van der Waals surface area contributed by atoms with Gasteiger partial charge in [0, 0.05) is 24.2 Å². The molecule has 2 aromatic carbocycles. The summed E-state index contributed by atoms with van der Waals surface area (Å²) in [4.78, 5) is 58.4. The molecule has 0 radical (unpaired) electrons. The van der Waals surface area contributed by atoms with E-state index < -0.39 is 35.1 Å². The van der Waals surface area contributed by atoms with E-state index in [1.165, 1.54) is 48.6 Å². The van der Waals surface area contributed by atoms with Gasteiger partial charge in [0.05, 0.1) is 4.92 Å². The molecule has 2 rings (SSSR count). The molecule has 0 heterocycles. The molecule has 13 nitrogen and oxygen atoms in total. The standard InChI is InChI=1S/C26H27N3O10/c1-3-15-36-23(30)14-13-22(24(31)37-16-4-2)28-25(32)27-19-7-5-18(6-8-19)17-38-26(33)39-21-11-9-20(10-12-21)29(34)35/h3-12,22H,1-2,13-17H2,(H2,27,28,32)/t22-/m0/s1. The summed E-state index contributed by atoms with van der Waals surface area (Å²) in [6.45, 7) is 6.72. The number of nitro groups is 1. The minimum Gasteiger partial charge on any atom is -0.461 e. The van der Waals surface area contributed by atoms with E-state index in [0.717, 1.165) is 0 Å². The number of carbonyl (C=O) groups excluding carboxylic acids is 4. The number of hydrogen-bond acceptors (Lipinski definition) is 10. The minimum atomic E-state index is -1.12. The molecular weight excluding hydrogens is 514 g/mol. The number of benzene rings is 2. The third-order valence-electron chi connectivity index (χ3n) is 4.75. The van der Waals surface area contributed by atoms with E-state index in [4.69, 9.17) is 18.9 Å². The fourth-order valence-corrected chi connectivity index (χ4v) is 2.89. The van der Waals surface area contributed by atoms with Gasteiger partial charge in [-0.15, -0.1) is 0 Å². The highest BCUT2D eigenvalue weighted by Gasteiger charge is 2.23. The molecule has 206 valence electrons. The van der Waals surface area contributed by atoms with Gasteiger partial charge >= 0.3 is 24.1 Å². The maximum absolute atomic E-state index is 12.4. The number of nitrogens with one attached hydrogen (secondary N) is 2. The summed E-state index contributed by atoms with van der Waals surface area (Å²) in [7, 11) is 0. The summed E-state index contributed by atoms with van der Waals surface area (Å²) < 4.78 is 19.8. The predicted molar refractivity (Wildman–Crippen MR) is 138 cm³/mol. The minimum absolute atomic E-state index is 0.0281. The number of hydrogen-bond donors (Lipinski definition) is 2. The van der Waals surface area contributed by atoms with Crippen LogP contribution < -0.4 is 15.4 Å². The molecule has 2 N–H and O–H groups in total. The van der Waals surface area contributed by atoms with Gasteiger partial charge in [-0.3, -0.25) is 14.9 Å². The topological polar surface area (TPSA) is 172 Å². The van der Waals surface area contributed by atoms with Crippen molar-refractivity contribution in [1.29, 1.82) is 0 Å². The first-order valence-electron chi connectivity index (χ1n) is 11.5. The monoisotopic (exact) mass is 541 g/mol. The number of urea groups is 1. The van der Waals surface area contributed by atoms with Gasteiger partial charge in [-0.05, 0) is 36.2 Å². The maximum Gasteiger partial charge on any atom is 0.514 e. The van der Waals surface area contributed by atoms with Gasteiger partial charge < -0.3 is 29.6 Å². The quantitative estimate of drug-likeness (QED) is 0.0887. The van der Waals surface area contributed by atoms with Crippen LogP contribution in [0.2, 0.25) is 0 Å². The van der Waals surface area contributed by atoms with Gasteiger partial charge in [-0.2, -0.15) is 0 Å². The van der Waals surface area contributed by atoms with Crippen molar-refractivity contribution in [3.05, 3.63) is 89.5 Å². The predicted octanol–water partition coefficient (Wildman–Crippen LogP) is 4.04. The van der Waals surface area contributed by atoms with Crippen LogP contribution in [0.1, 0.15) is 18.4 Å². The van der Waals surface area contributed by atoms with Crippen molar-refractivity contribution >= 4 is 35.5 Å². The van der Waals surface area contributed by atoms with Gasteiger partial charge in [-0.1, -0.05) is 37.4 Å². The van der Waals surface area contributed by atoms with Crippen LogP contribution in [-0.2, 0) is 30.4 Å². The molecule has 0 aliphatic carbocycles. The highest BCUT2D eigenvalue weighted by molar-refractivity contribution is 5.92. The average molecular weight is 542 g/mol. The van der Waals surface area contributed by atoms with Crippen molar-refractivity contribution in [3.8, 4) is 5.75 Å². The highest BCUT2D eigenvalue weighted by Crippen LogP contribution is 2.18. The number of rotatable bonds is 14. The van der Waals surface area contributed by atoms with Crippen LogP contribution in [0.5, 0.6) is 5.75 Å². The van der Waals surface area contributed by atoms with Crippen molar-refractivity contribution < 1.29 is 43.0 Å². The number of nitrogens with zero attached hydrogens (tertiary/aromatic N) is 1. The second-order valence-electron chi connectivity index (χ2n) is 7.67. The van der Waals surface area contributed by atoms with Crippen LogP contribution >= 0.6 is 0 Å². The summed E-state index contributed by atoms with van der Waals surface area (Å²) in [5.74, 6) is -1.22. The Kier molecular flexibility index (Phi) is 12.2. The molecule has 0 aliphatic rings. The number of esters is 2. The molecule has 0 fully saturated rings. The van der Waals surface area contributed by atoms with Gasteiger partial charge in [-0.25, -0.2) is 14.4 Å². The molecule has 13 heteroatoms. The SMILES string of the molecule is C=CCOC(=O)CC[C@H](NC(=O)Nc1ccc(COC(=O)Oc2ccc([N+](=O)[O-])cc2)cc1)C(=O)OCC=C. The van der Waals surface area contributed by atoms with Crippen molar-refractivity contribution in [1.82, 2.24) is 5.32 Å². The smallest absolute Gasteiger partial charge is 0.461 e. The second-order valence-corrected chi connectivity index (χ2v) is 7.67. The van der Waals surface area contributed by atoms with E-state index in [2.05, 4.69) is 23.8 Å². The average Bonchev–Trinajstić information content (AvgIpc) is 2.92. The maximum atomic E-state index is 12.4. The van der Waals surface area contributed by atoms with E-state index in [0.29, 0.717) is 11.3 Å². The van der Waals surface area contributed by atoms with Crippen LogP contribution in [0.4, 0.5) is 21.0 Å². The molecule has 39 heavy (non-hydrogen) atoms. The van der Waals surface area contributed by atoms with E-state index in [1.54, 1.807) is 12.1 Å². The van der Waals surface area contributed by atoms with Gasteiger partial charge in [0.2, 0.25) is 0 Å². The molecule has 1 atom stereocenters. The number of anilines is 1. The van der Waals surface area contributed by atoms with Crippen LogP contribution in [0.15, 0.2) is 73.8 Å². The van der Waals surface area contributed by atoms with E-state index in [-0.39, 0.29) is 44.1 Å². The Bertz CT molecular complexity index is 1180. The summed E-state index contributed by atoms with van der Waals surface area (Å²) in [5.41, 5.74) is 0.795. The van der Waals surface area contributed by atoms with Crippen LogP contribution in [0, 0.1) is 10.1 Å². The molecule has 0 bridgehead atoms. The number of carbonyl (C=O) groups is 4. The Morgan fingerprint density at radius 1 is 0.923 bits per heavy atom. The lowest BCUT2D eigenvalue weighted by Crippen LogP contribution is -2.44. The first-order valence-corrected chi connectivity index (χ1v) is 11.5. The number of nitro benzene ring substituents is 1. The van der Waals surface area contributed by atoms with Crippen molar-refractivity contribution in [3.63, 3.8) is 0 Å². The first kappa shape index (κ1) is 30.0. The molecular formula is C26H27N3O10. The normalized spacial score (nSPS) is 10.8. The van der Waals surface area contributed by atoms with Gasteiger partial charge in [0.1, 0.15) is 31.6 Å². The van der Waals surface area contributed by atoms with Crippen LogP contribution in [0.25, 0.3) is 0 Å². The lowest BCUT2D eigenvalue weighted by molar-refractivity contribution is -0.384. The third-order valence-corrected chi connectivity index (χ3v) is 4.75. The Balaban J connectivity index is 1.85. The lowest BCUT2D eigenvalue weighted by atomic mass is 10.1. The number of non-ortho nitro benzene ring substituents is 1. The molecule has 0 aliphatic heterocycles. The van der Waals surface area contributed by atoms with Crippen LogP contribution in [-0.4, -0.2) is 48.3 Å². The molecule has 2 amide bonds. The summed E-state index contributed by atoms with van der Waals surface area (Å²) >= 11 is 0. The van der Waals surface area contributed by atoms with E-state index >= 15 is 0 Å². The lowest BCUT2D eigenvalue weighted by Gasteiger charge is -2.17. The molecule has 2 aromatic rings. The molecule has 0 aromatic heterocycles. The van der Waals surface area contributed by atoms with Crippen LogP contribution in [0.3, 0.4) is 0 Å². The van der Waals surface area contributed by atoms with Crippen molar-refractivity contribution in [2.75, 3.05) is 18.5 Å². The Hall–Kier alpha value is -5.20. The van der Waals surface area contributed by atoms with Crippen molar-refractivity contribution in [2.45, 2.75) is 25.5 Å². The summed E-state index contributed by atoms with van der Waals surface area (Å²) in [6.07, 6.45) is 1.58. The number of amides is 2. The van der Waals surface area contributed by atoms with E-state index in [9.17, 15) is 29.3 Å². The zero-order chi connectivity index (χ0) is 28.6. The zero-order valence-electron chi connectivity index (χ0n) is 20.8. The zero-order valence-corrected chi connectivity index (χ0v) is 20.8. The van der Waals surface area contributed by atoms with Gasteiger partial charge in [0.15, 0.2) is 0 Å². The Labute approximate surface area is 223 Å². The third kappa shape index (κ3) is 11.2. The molecule has 0 saturated carbocycles. The summed E-state index contributed by atoms with van der Waals surface area (Å²) in [5, 5.41) is 15.7. The fraction of sp³-hybridized carbons (Fsp3) is 0.231. The van der Waals surface area contributed by atoms with Crippen molar-refractivity contribution in [2.24, 2.45) is 0 Å². The largest absolute Gasteiger partial charge is 0.514 e. The van der Waals surface area contributed by atoms with Gasteiger partial charge in [0.25, 0.3) is 5.69 Å². The molecule has 0 spiro atoms.